The molecule has 0 aliphatic carbocycles. The Hall–Kier alpha value is -1.51. The Balaban J connectivity index is 2.19. The zero-order valence-electron chi connectivity index (χ0n) is 12.9. The average molecular weight is 336 g/mol. The number of carbonyl (C=O) groups is 1. The van der Waals surface area contributed by atoms with E-state index >= 15 is 0 Å². The first kappa shape index (κ1) is 16.9. The molecule has 1 amide bonds. The van der Waals surface area contributed by atoms with Crippen LogP contribution in [0, 0.1) is 6.92 Å². The lowest BCUT2D eigenvalue weighted by Gasteiger charge is -2.16. The number of rotatable bonds is 4. The molecule has 0 unspecified atom stereocenters. The van der Waals surface area contributed by atoms with Gasteiger partial charge >= 0.3 is 0 Å². The van der Waals surface area contributed by atoms with Gasteiger partial charge < -0.3 is 5.32 Å². The largest absolute Gasteiger partial charge is 0.325 e. The highest BCUT2D eigenvalue weighted by atomic mass is 35.5. The Morgan fingerprint density at radius 2 is 1.91 bits per heavy atom. The molecule has 0 atom stereocenters. The molecule has 0 spiro atoms. The van der Waals surface area contributed by atoms with Crippen LogP contribution in [0.1, 0.15) is 36.5 Å². The number of amides is 1. The number of nitrogens with one attached hydrogen (secondary N) is 1. The lowest BCUT2D eigenvalue weighted by Crippen LogP contribution is -2.17. The van der Waals surface area contributed by atoms with Crippen molar-refractivity contribution in [1.82, 2.24) is 0 Å². The van der Waals surface area contributed by atoms with Crippen molar-refractivity contribution in [3.05, 3.63) is 63.1 Å². The van der Waals surface area contributed by atoms with Gasteiger partial charge in [0.15, 0.2) is 0 Å². The van der Waals surface area contributed by atoms with Gasteiger partial charge in [0, 0.05) is 15.7 Å². The minimum atomic E-state index is -0.0829. The lowest BCUT2D eigenvalue weighted by molar-refractivity contribution is -0.115. The van der Waals surface area contributed by atoms with Crippen molar-refractivity contribution in [3.8, 4) is 0 Å². The molecule has 1 N–H and O–H groups in total. The third-order valence-electron chi connectivity index (χ3n) is 3.56. The average Bonchev–Trinajstić information content (AvgIpc) is 2.44. The van der Waals surface area contributed by atoms with Gasteiger partial charge in [0.1, 0.15) is 0 Å². The van der Waals surface area contributed by atoms with Gasteiger partial charge in [-0.3, -0.25) is 4.79 Å². The van der Waals surface area contributed by atoms with Crippen LogP contribution in [0.3, 0.4) is 0 Å². The number of hydrogen-bond acceptors (Lipinski definition) is 1. The summed E-state index contributed by atoms with van der Waals surface area (Å²) in [4.78, 5) is 12.3. The fraction of sp³-hybridized carbons (Fsp3) is 0.278. The molecule has 0 aliphatic rings. The van der Waals surface area contributed by atoms with Crippen LogP contribution in [0.4, 0.5) is 5.69 Å². The van der Waals surface area contributed by atoms with E-state index in [4.69, 9.17) is 23.2 Å². The van der Waals surface area contributed by atoms with Crippen molar-refractivity contribution >= 4 is 34.8 Å². The fourth-order valence-electron chi connectivity index (χ4n) is 2.36. The van der Waals surface area contributed by atoms with Gasteiger partial charge in [-0.2, -0.15) is 0 Å². The number of benzene rings is 2. The molecule has 4 heteroatoms. The summed E-state index contributed by atoms with van der Waals surface area (Å²) in [6.07, 6.45) is 0.224. The Bertz CT molecular complexity index is 695. The van der Waals surface area contributed by atoms with E-state index in [1.54, 1.807) is 18.2 Å². The maximum absolute atomic E-state index is 12.3. The van der Waals surface area contributed by atoms with Gasteiger partial charge in [-0.25, -0.2) is 0 Å². The van der Waals surface area contributed by atoms with Crippen LogP contribution >= 0.6 is 23.2 Å². The molecule has 116 valence electrons. The van der Waals surface area contributed by atoms with Crippen LogP contribution in [0.25, 0.3) is 0 Å². The minimum Gasteiger partial charge on any atom is -0.325 e. The van der Waals surface area contributed by atoms with E-state index in [-0.39, 0.29) is 12.3 Å². The van der Waals surface area contributed by atoms with E-state index in [0.717, 1.165) is 22.4 Å². The van der Waals surface area contributed by atoms with Crippen LogP contribution in [-0.2, 0) is 11.2 Å². The van der Waals surface area contributed by atoms with Gasteiger partial charge in [-0.15, -0.1) is 0 Å². The quantitative estimate of drug-likeness (QED) is 0.773. The van der Waals surface area contributed by atoms with Crippen molar-refractivity contribution in [2.45, 2.75) is 33.1 Å². The molecule has 2 aromatic carbocycles. The third kappa shape index (κ3) is 4.02. The van der Waals surface area contributed by atoms with E-state index in [2.05, 4.69) is 19.2 Å². The summed E-state index contributed by atoms with van der Waals surface area (Å²) in [5.74, 6) is 0.259. The van der Waals surface area contributed by atoms with Gasteiger partial charge in [0.25, 0.3) is 0 Å². The lowest BCUT2D eigenvalue weighted by atomic mass is 9.98. The zero-order chi connectivity index (χ0) is 16.3. The SMILES string of the molecule is Cc1cccc(C(C)C)c1NC(=O)Cc1ccc(Cl)cc1Cl. The van der Waals surface area contributed by atoms with Gasteiger partial charge in [0.05, 0.1) is 6.42 Å². The Labute approximate surface area is 141 Å². The smallest absolute Gasteiger partial charge is 0.228 e. The third-order valence-corrected chi connectivity index (χ3v) is 4.14. The highest BCUT2D eigenvalue weighted by molar-refractivity contribution is 6.35. The first-order chi connectivity index (χ1) is 10.4. The van der Waals surface area contributed by atoms with Crippen LogP contribution in [-0.4, -0.2) is 5.91 Å². The molecule has 0 heterocycles. The molecule has 22 heavy (non-hydrogen) atoms. The van der Waals surface area contributed by atoms with Crippen molar-refractivity contribution in [2.75, 3.05) is 5.32 Å². The summed E-state index contributed by atoms with van der Waals surface area (Å²) in [5, 5.41) is 4.10. The van der Waals surface area contributed by atoms with E-state index in [0.29, 0.717) is 16.0 Å². The molecular formula is C18H19Cl2NO. The molecular weight excluding hydrogens is 317 g/mol. The second kappa shape index (κ2) is 7.17. The van der Waals surface area contributed by atoms with Crippen LogP contribution in [0.15, 0.2) is 36.4 Å². The number of carbonyl (C=O) groups excluding carboxylic acids is 1. The highest BCUT2D eigenvalue weighted by Gasteiger charge is 2.13. The fourth-order valence-corrected chi connectivity index (χ4v) is 2.84. The second-order valence-corrected chi connectivity index (χ2v) is 6.50. The van der Waals surface area contributed by atoms with Gasteiger partial charge in [-0.05, 0) is 41.7 Å². The summed E-state index contributed by atoms with van der Waals surface area (Å²) in [6, 6.07) is 11.2. The summed E-state index contributed by atoms with van der Waals surface area (Å²) < 4.78 is 0. The van der Waals surface area contributed by atoms with Crippen molar-refractivity contribution in [2.24, 2.45) is 0 Å². The molecule has 0 saturated heterocycles. The molecule has 2 aromatic rings. The summed E-state index contributed by atoms with van der Waals surface area (Å²) >= 11 is 12.0. The summed E-state index contributed by atoms with van der Waals surface area (Å²) in [6.45, 7) is 6.22. The molecule has 0 saturated carbocycles. The predicted octanol–water partition coefficient (Wildman–Crippen LogP) is 5.61. The van der Waals surface area contributed by atoms with E-state index < -0.39 is 0 Å². The van der Waals surface area contributed by atoms with Crippen molar-refractivity contribution in [1.29, 1.82) is 0 Å². The number of halogens is 2. The summed E-state index contributed by atoms with van der Waals surface area (Å²) in [7, 11) is 0. The van der Waals surface area contributed by atoms with Crippen molar-refractivity contribution in [3.63, 3.8) is 0 Å². The Morgan fingerprint density at radius 3 is 2.55 bits per heavy atom. The Morgan fingerprint density at radius 1 is 1.18 bits per heavy atom. The standard InChI is InChI=1S/C18H19Cl2NO/c1-11(2)15-6-4-5-12(3)18(15)21-17(22)9-13-7-8-14(19)10-16(13)20/h4-8,10-11H,9H2,1-3H3,(H,21,22). The van der Waals surface area contributed by atoms with Crippen LogP contribution < -0.4 is 5.32 Å². The highest BCUT2D eigenvalue weighted by Crippen LogP contribution is 2.28. The van der Waals surface area contributed by atoms with E-state index in [9.17, 15) is 4.79 Å². The monoisotopic (exact) mass is 335 g/mol. The maximum atomic E-state index is 12.3. The molecule has 2 nitrogen and oxygen atoms in total. The van der Waals surface area contributed by atoms with Gasteiger partial charge in [-0.1, -0.05) is 61.3 Å². The topological polar surface area (TPSA) is 29.1 Å². The minimum absolute atomic E-state index is 0.0829. The number of hydrogen-bond donors (Lipinski definition) is 1. The van der Waals surface area contributed by atoms with Crippen LogP contribution in [0.2, 0.25) is 10.0 Å². The van der Waals surface area contributed by atoms with E-state index in [1.807, 2.05) is 25.1 Å². The van der Waals surface area contributed by atoms with Gasteiger partial charge in [0.2, 0.25) is 5.91 Å². The normalized spacial score (nSPS) is 10.8. The molecule has 0 radical (unpaired) electrons. The molecule has 0 fully saturated rings. The molecule has 0 aromatic heterocycles. The van der Waals surface area contributed by atoms with E-state index in [1.165, 1.54) is 0 Å². The predicted molar refractivity (Wildman–Crippen MR) is 94.1 cm³/mol. The zero-order valence-corrected chi connectivity index (χ0v) is 14.4. The first-order valence-corrected chi connectivity index (χ1v) is 7.97. The number of para-hydroxylation sites is 1. The molecule has 2 rings (SSSR count). The summed E-state index contributed by atoms with van der Waals surface area (Å²) in [5.41, 5.74) is 3.85. The second-order valence-electron chi connectivity index (χ2n) is 5.65. The number of aryl methyl sites for hydroxylation is 1. The maximum Gasteiger partial charge on any atom is 0.228 e. The van der Waals surface area contributed by atoms with Crippen LogP contribution in [0.5, 0.6) is 0 Å². The first-order valence-electron chi connectivity index (χ1n) is 7.21. The van der Waals surface area contributed by atoms with Crippen molar-refractivity contribution < 1.29 is 4.79 Å². The molecule has 0 bridgehead atoms. The Kier molecular flexibility index (Phi) is 5.49. The number of anilines is 1. The molecule has 0 aliphatic heterocycles.